The van der Waals surface area contributed by atoms with Gasteiger partial charge in [-0.25, -0.2) is 0 Å². The maximum atomic E-state index is 13.9. The number of nitrogens with zero attached hydrogens (tertiary/aromatic N) is 1. The summed E-state index contributed by atoms with van der Waals surface area (Å²) in [5.74, 6) is -9.26. The molecular weight excluding hydrogens is 522 g/mol. The van der Waals surface area contributed by atoms with Crippen LogP contribution < -0.4 is 11.1 Å². The summed E-state index contributed by atoms with van der Waals surface area (Å²) in [6.45, 7) is 5.43. The molecule has 0 unspecified atom stereocenters. The first kappa shape index (κ1) is 29.0. The Hall–Kier alpha value is -4.00. The fraction of sp³-hybridized carbons (Fsp3) is 0.429. The van der Waals surface area contributed by atoms with Crippen molar-refractivity contribution in [1.82, 2.24) is 10.2 Å². The van der Waals surface area contributed by atoms with Gasteiger partial charge in [0.15, 0.2) is 11.4 Å². The van der Waals surface area contributed by atoms with Crippen molar-refractivity contribution in [3.05, 3.63) is 51.8 Å². The van der Waals surface area contributed by atoms with Gasteiger partial charge in [0.2, 0.25) is 11.7 Å². The third-order valence-electron chi connectivity index (χ3n) is 7.64. The van der Waals surface area contributed by atoms with Crippen LogP contribution in [0.1, 0.15) is 37.5 Å². The molecule has 0 aromatic heterocycles. The van der Waals surface area contributed by atoms with Gasteiger partial charge < -0.3 is 36.6 Å². The molecule has 1 aromatic rings. The van der Waals surface area contributed by atoms with Crippen molar-refractivity contribution in [2.45, 2.75) is 50.5 Å². The highest BCUT2D eigenvalue weighted by Crippen LogP contribution is 2.53. The Morgan fingerprint density at radius 2 is 1.77 bits per heavy atom. The second-order valence-corrected chi connectivity index (χ2v) is 11.6. The average Bonchev–Trinajstić information content (AvgIpc) is 2.82. The number of benzene rings is 1. The number of amides is 2. The smallest absolute Gasteiger partial charge is 0.255 e. The number of primary amides is 1. The summed E-state index contributed by atoms with van der Waals surface area (Å²) >= 11 is 0. The number of phenols is 1. The van der Waals surface area contributed by atoms with Crippen molar-refractivity contribution in [3.8, 4) is 5.75 Å². The minimum Gasteiger partial charge on any atom is -0.508 e. The van der Waals surface area contributed by atoms with Crippen LogP contribution in [0.5, 0.6) is 5.75 Å². The zero-order chi connectivity index (χ0) is 30.1. The maximum absolute atomic E-state index is 13.9. The first-order valence-electron chi connectivity index (χ1n) is 12.6. The molecule has 2 amide bonds. The maximum Gasteiger partial charge on any atom is 0.255 e. The SMILES string of the molecule is CN(C)[C@@H]1C(=O)C(C(N)=O)=C(O)[C@@]2(O)C(=O)C3=C(O)c4c(O)ccc(/C=C/C(=O)NC(C)(C)C)c4C[C@H]3[C@H](O)[C@@H]12. The minimum absolute atomic E-state index is 0.134. The first-order valence-corrected chi connectivity index (χ1v) is 12.6. The molecule has 3 aliphatic carbocycles. The number of carbonyl (C=O) groups excluding carboxylic acids is 4. The van der Waals surface area contributed by atoms with Gasteiger partial charge in [-0.1, -0.05) is 6.07 Å². The van der Waals surface area contributed by atoms with E-state index in [0.29, 0.717) is 11.1 Å². The summed E-state index contributed by atoms with van der Waals surface area (Å²) in [4.78, 5) is 52.8. The van der Waals surface area contributed by atoms with E-state index >= 15 is 0 Å². The number of hydrogen-bond acceptors (Lipinski definition) is 10. The van der Waals surface area contributed by atoms with E-state index < -0.39 is 86.9 Å². The van der Waals surface area contributed by atoms with Crippen LogP contribution in [0.3, 0.4) is 0 Å². The standard InChI is InChI=1S/C28H33N3O9/c1-27(2,3)30-15(33)9-7-11-6-8-14(32)16-12(11)10-13-17(22(16)35)24(37)28(40)19(21(13)34)20(31(4)5)23(36)18(25(28)38)26(29)39/h6-9,13,19-21,32,34-35,38,40H,10H2,1-5H3,(H2,29,39)(H,30,33)/b9-7+/t13-,19-,20+,21+,28+/m1/s1. The largest absolute Gasteiger partial charge is 0.508 e. The molecule has 214 valence electrons. The van der Waals surface area contributed by atoms with Crippen LogP contribution in [-0.2, 0) is 25.6 Å². The lowest BCUT2D eigenvalue weighted by Crippen LogP contribution is -2.70. The Bertz CT molecular complexity index is 1430. The summed E-state index contributed by atoms with van der Waals surface area (Å²) in [6.07, 6.45) is 0.908. The molecule has 12 heteroatoms. The molecule has 8 N–H and O–H groups in total. The van der Waals surface area contributed by atoms with Gasteiger partial charge in [0.25, 0.3) is 5.91 Å². The zero-order valence-electron chi connectivity index (χ0n) is 22.7. The zero-order valence-corrected chi connectivity index (χ0v) is 22.7. The van der Waals surface area contributed by atoms with Crippen LogP contribution in [0.4, 0.5) is 0 Å². The summed E-state index contributed by atoms with van der Waals surface area (Å²) in [5.41, 5.74) is 0.945. The fourth-order valence-electron chi connectivity index (χ4n) is 6.02. The van der Waals surface area contributed by atoms with Gasteiger partial charge >= 0.3 is 0 Å². The molecule has 0 saturated heterocycles. The van der Waals surface area contributed by atoms with Crippen LogP contribution in [-0.4, -0.2) is 91.2 Å². The van der Waals surface area contributed by atoms with E-state index in [1.807, 2.05) is 20.8 Å². The Morgan fingerprint density at radius 1 is 1.15 bits per heavy atom. The molecule has 1 saturated carbocycles. The predicted molar refractivity (Wildman–Crippen MR) is 143 cm³/mol. The fourth-order valence-corrected chi connectivity index (χ4v) is 6.02. The van der Waals surface area contributed by atoms with E-state index in [4.69, 9.17) is 5.73 Å². The van der Waals surface area contributed by atoms with E-state index in [0.717, 1.165) is 0 Å². The molecule has 0 radical (unpaired) electrons. The molecule has 0 heterocycles. The lowest BCUT2D eigenvalue weighted by Gasteiger charge is -2.52. The topological polar surface area (TPSA) is 211 Å². The number of nitrogens with two attached hydrogens (primary N) is 1. The van der Waals surface area contributed by atoms with E-state index in [9.17, 15) is 44.7 Å². The summed E-state index contributed by atoms with van der Waals surface area (Å²) in [5, 5.41) is 58.8. The monoisotopic (exact) mass is 555 g/mol. The van der Waals surface area contributed by atoms with Crippen LogP contribution in [0.2, 0.25) is 0 Å². The molecule has 40 heavy (non-hydrogen) atoms. The number of hydrogen-bond donors (Lipinski definition) is 7. The molecule has 1 aromatic carbocycles. The number of phenolic OH excluding ortho intramolecular Hbond substituents is 1. The highest BCUT2D eigenvalue weighted by atomic mass is 16.4. The van der Waals surface area contributed by atoms with Gasteiger partial charge in [-0.2, -0.15) is 0 Å². The Labute approximate surface area is 230 Å². The van der Waals surface area contributed by atoms with E-state index in [1.54, 1.807) is 0 Å². The molecule has 0 bridgehead atoms. The lowest BCUT2D eigenvalue weighted by atomic mass is 9.56. The van der Waals surface area contributed by atoms with Crippen LogP contribution in [0, 0.1) is 11.8 Å². The number of carbonyl (C=O) groups is 4. The molecule has 4 rings (SSSR count). The molecular formula is C28H33N3O9. The number of Topliss-reactive ketones (excluding diaryl/α,β-unsaturated/α-hetero) is 2. The third-order valence-corrected chi connectivity index (χ3v) is 7.64. The number of ketones is 2. The van der Waals surface area contributed by atoms with Crippen molar-refractivity contribution in [2.24, 2.45) is 17.6 Å². The van der Waals surface area contributed by atoms with Crippen LogP contribution >= 0.6 is 0 Å². The molecule has 3 aliphatic rings. The van der Waals surface area contributed by atoms with Crippen molar-refractivity contribution in [3.63, 3.8) is 0 Å². The second kappa shape index (κ2) is 9.58. The van der Waals surface area contributed by atoms with E-state index in [2.05, 4.69) is 5.32 Å². The number of likely N-dealkylation sites (N-methyl/N-ethyl adjacent to an activating group) is 1. The Kier molecular flexibility index (Phi) is 6.94. The predicted octanol–water partition coefficient (Wildman–Crippen LogP) is -0.137. The second-order valence-electron chi connectivity index (χ2n) is 11.6. The van der Waals surface area contributed by atoms with Gasteiger partial charge in [0.05, 0.1) is 23.6 Å². The van der Waals surface area contributed by atoms with Gasteiger partial charge in [-0.05, 0) is 64.6 Å². The number of rotatable bonds is 4. The van der Waals surface area contributed by atoms with Gasteiger partial charge in [0.1, 0.15) is 22.8 Å². The van der Waals surface area contributed by atoms with Crippen LogP contribution in [0.15, 0.2) is 35.1 Å². The number of aliphatic hydroxyl groups excluding tert-OH is 3. The first-order chi connectivity index (χ1) is 18.4. The molecule has 1 fully saturated rings. The number of aliphatic hydroxyl groups is 4. The van der Waals surface area contributed by atoms with Crippen molar-refractivity contribution in [2.75, 3.05) is 14.1 Å². The number of aromatic hydroxyl groups is 1. The summed E-state index contributed by atoms with van der Waals surface area (Å²) in [6, 6.07) is 1.32. The van der Waals surface area contributed by atoms with Gasteiger partial charge in [-0.3, -0.25) is 24.1 Å². The van der Waals surface area contributed by atoms with Crippen LogP contribution in [0.25, 0.3) is 11.8 Å². The highest BCUT2D eigenvalue weighted by molar-refractivity contribution is 6.24. The summed E-state index contributed by atoms with van der Waals surface area (Å²) < 4.78 is 0. The highest BCUT2D eigenvalue weighted by Gasteiger charge is 2.67. The molecule has 5 atom stereocenters. The Balaban J connectivity index is 1.92. The summed E-state index contributed by atoms with van der Waals surface area (Å²) in [7, 11) is 2.87. The third kappa shape index (κ3) is 4.28. The lowest BCUT2D eigenvalue weighted by molar-refractivity contribution is -0.168. The normalized spacial score (nSPS) is 28.5. The van der Waals surface area contributed by atoms with Gasteiger partial charge in [-0.15, -0.1) is 0 Å². The van der Waals surface area contributed by atoms with E-state index in [1.165, 1.54) is 43.3 Å². The molecule has 0 spiro atoms. The van der Waals surface area contributed by atoms with Gasteiger partial charge in [0, 0.05) is 23.1 Å². The molecule has 12 nitrogen and oxygen atoms in total. The Morgan fingerprint density at radius 3 is 2.33 bits per heavy atom. The van der Waals surface area contributed by atoms with E-state index in [-0.39, 0.29) is 12.0 Å². The molecule has 0 aliphatic heterocycles. The quantitative estimate of drug-likeness (QED) is 0.193. The van der Waals surface area contributed by atoms with Crippen molar-refractivity contribution in [1.29, 1.82) is 0 Å². The minimum atomic E-state index is -2.97. The average molecular weight is 556 g/mol. The van der Waals surface area contributed by atoms with Crippen molar-refractivity contribution >= 4 is 35.2 Å². The number of fused-ring (bicyclic) bond motifs is 3. The van der Waals surface area contributed by atoms with Crippen molar-refractivity contribution < 1.29 is 44.7 Å². The number of nitrogens with one attached hydrogen (secondary N) is 1.